The molecule has 0 saturated carbocycles. The summed E-state index contributed by atoms with van der Waals surface area (Å²) < 4.78 is 16.2. The molecule has 1 N–H and O–H groups in total. The van der Waals surface area contributed by atoms with E-state index in [1.165, 1.54) is 0 Å². The van der Waals surface area contributed by atoms with E-state index >= 15 is 0 Å². The highest BCUT2D eigenvalue weighted by Crippen LogP contribution is 2.20. The zero-order valence-corrected chi connectivity index (χ0v) is 18.1. The number of amides is 1. The van der Waals surface area contributed by atoms with E-state index in [0.717, 1.165) is 37.6 Å². The molecule has 2 heterocycles. The number of aromatic nitrogens is 2. The molecule has 0 aliphatic carbocycles. The van der Waals surface area contributed by atoms with Crippen LogP contribution in [-0.2, 0) is 16.0 Å². The first-order chi connectivity index (χ1) is 14.6. The van der Waals surface area contributed by atoms with Gasteiger partial charge in [-0.2, -0.15) is 4.98 Å². The molecule has 1 aliphatic heterocycles. The summed E-state index contributed by atoms with van der Waals surface area (Å²) in [7, 11) is 0. The third kappa shape index (κ3) is 6.27. The number of nitrogens with one attached hydrogen (secondary N) is 1. The lowest BCUT2D eigenvalue weighted by Crippen LogP contribution is -2.51. The van der Waals surface area contributed by atoms with E-state index in [9.17, 15) is 4.79 Å². The Balaban J connectivity index is 1.46. The number of hydrogen-bond acceptors (Lipinski definition) is 7. The van der Waals surface area contributed by atoms with Gasteiger partial charge in [0.2, 0.25) is 17.6 Å². The molecule has 0 spiro atoms. The van der Waals surface area contributed by atoms with Crippen molar-refractivity contribution < 1.29 is 18.8 Å². The molecule has 2 aromatic rings. The van der Waals surface area contributed by atoms with Crippen LogP contribution < -0.4 is 10.1 Å². The minimum Gasteiger partial charge on any atom is -0.494 e. The van der Waals surface area contributed by atoms with Gasteiger partial charge in [0.25, 0.3) is 0 Å². The van der Waals surface area contributed by atoms with Crippen molar-refractivity contribution in [3.63, 3.8) is 0 Å². The number of aryl methyl sites for hydroxylation is 1. The van der Waals surface area contributed by atoms with Crippen LogP contribution in [0.5, 0.6) is 5.75 Å². The van der Waals surface area contributed by atoms with E-state index < -0.39 is 0 Å². The molecule has 30 heavy (non-hydrogen) atoms. The maximum absolute atomic E-state index is 12.3. The third-order valence-corrected chi connectivity index (χ3v) is 5.25. The standard InChI is InChI=1S/C22H32N4O4/c1-4-29-18-7-5-17(6-8-18)22-24-21(30-25-22)10-9-20(27)23-15-19(16(2)3)26-11-13-28-14-12-26/h5-8,16,19H,4,9-15H2,1-3H3,(H,23,27). The molecule has 1 aromatic heterocycles. The summed E-state index contributed by atoms with van der Waals surface area (Å²) in [6.07, 6.45) is 0.735. The molecule has 8 heteroatoms. The first-order valence-electron chi connectivity index (χ1n) is 10.7. The number of benzene rings is 1. The number of nitrogens with zero attached hydrogens (tertiary/aromatic N) is 3. The molecule has 164 valence electrons. The van der Waals surface area contributed by atoms with Gasteiger partial charge in [0.05, 0.1) is 19.8 Å². The zero-order valence-electron chi connectivity index (χ0n) is 18.1. The van der Waals surface area contributed by atoms with E-state index in [1.807, 2.05) is 31.2 Å². The average Bonchev–Trinajstić information content (AvgIpc) is 3.23. The van der Waals surface area contributed by atoms with Crippen molar-refractivity contribution in [1.29, 1.82) is 0 Å². The van der Waals surface area contributed by atoms with E-state index in [0.29, 0.717) is 49.7 Å². The van der Waals surface area contributed by atoms with E-state index in [-0.39, 0.29) is 5.91 Å². The Labute approximate surface area is 177 Å². The molecule has 1 amide bonds. The molecule has 3 rings (SSSR count). The first kappa shape index (κ1) is 22.2. The third-order valence-electron chi connectivity index (χ3n) is 5.25. The Kier molecular flexibility index (Phi) is 8.21. The molecular weight excluding hydrogens is 384 g/mol. The van der Waals surface area contributed by atoms with Crippen molar-refractivity contribution in [3.8, 4) is 17.1 Å². The second-order valence-corrected chi connectivity index (χ2v) is 7.73. The van der Waals surface area contributed by atoms with Crippen LogP contribution in [0, 0.1) is 5.92 Å². The largest absolute Gasteiger partial charge is 0.494 e. The van der Waals surface area contributed by atoms with Crippen molar-refractivity contribution in [3.05, 3.63) is 30.2 Å². The second-order valence-electron chi connectivity index (χ2n) is 7.73. The molecule has 8 nitrogen and oxygen atoms in total. The van der Waals surface area contributed by atoms with Crippen molar-refractivity contribution in [2.75, 3.05) is 39.5 Å². The highest BCUT2D eigenvalue weighted by atomic mass is 16.5. The summed E-state index contributed by atoms with van der Waals surface area (Å²) in [6.45, 7) is 10.9. The monoisotopic (exact) mass is 416 g/mol. The van der Waals surface area contributed by atoms with Gasteiger partial charge in [-0.15, -0.1) is 0 Å². The SMILES string of the molecule is CCOc1ccc(-c2noc(CCC(=O)NCC(C(C)C)N3CCOCC3)n2)cc1. The van der Waals surface area contributed by atoms with E-state index in [4.69, 9.17) is 14.0 Å². The van der Waals surface area contributed by atoms with E-state index in [2.05, 4.69) is 34.2 Å². The van der Waals surface area contributed by atoms with Crippen LogP contribution in [0.4, 0.5) is 0 Å². The molecular formula is C22H32N4O4. The average molecular weight is 417 g/mol. The predicted octanol–water partition coefficient (Wildman–Crippen LogP) is 2.54. The molecule has 1 aromatic carbocycles. The lowest BCUT2D eigenvalue weighted by molar-refractivity contribution is -0.121. The minimum absolute atomic E-state index is 0.00488. The normalized spacial score (nSPS) is 15.9. The fourth-order valence-corrected chi connectivity index (χ4v) is 3.56. The Morgan fingerprint density at radius 2 is 1.97 bits per heavy atom. The van der Waals surface area contributed by atoms with Crippen molar-refractivity contribution in [2.24, 2.45) is 5.92 Å². The maximum atomic E-state index is 12.3. The van der Waals surface area contributed by atoms with Gasteiger partial charge in [-0.05, 0) is 37.1 Å². The Bertz CT molecular complexity index is 785. The molecule has 0 radical (unpaired) electrons. The van der Waals surface area contributed by atoms with Gasteiger partial charge in [-0.1, -0.05) is 19.0 Å². The highest BCUT2D eigenvalue weighted by molar-refractivity contribution is 5.76. The van der Waals surface area contributed by atoms with Crippen LogP contribution in [0.2, 0.25) is 0 Å². The van der Waals surface area contributed by atoms with Crippen LogP contribution >= 0.6 is 0 Å². The maximum Gasteiger partial charge on any atom is 0.227 e. The van der Waals surface area contributed by atoms with Crippen LogP contribution in [0.1, 0.15) is 33.1 Å². The Hall–Kier alpha value is -2.45. The number of ether oxygens (including phenoxy) is 2. The number of carbonyl (C=O) groups is 1. The Morgan fingerprint density at radius 1 is 1.23 bits per heavy atom. The number of carbonyl (C=O) groups excluding carboxylic acids is 1. The summed E-state index contributed by atoms with van der Waals surface area (Å²) in [5, 5.41) is 7.08. The highest BCUT2D eigenvalue weighted by Gasteiger charge is 2.24. The smallest absolute Gasteiger partial charge is 0.227 e. The van der Waals surface area contributed by atoms with Gasteiger partial charge in [0, 0.05) is 44.1 Å². The molecule has 1 atom stereocenters. The fraction of sp³-hybridized carbons (Fsp3) is 0.591. The molecule has 1 unspecified atom stereocenters. The van der Waals surface area contributed by atoms with Gasteiger partial charge >= 0.3 is 0 Å². The fourth-order valence-electron chi connectivity index (χ4n) is 3.56. The van der Waals surface area contributed by atoms with Gasteiger partial charge in [-0.3, -0.25) is 9.69 Å². The van der Waals surface area contributed by atoms with Gasteiger partial charge in [0.15, 0.2) is 0 Å². The van der Waals surface area contributed by atoms with Crippen LogP contribution in [0.25, 0.3) is 11.4 Å². The lowest BCUT2D eigenvalue weighted by atomic mass is 10.0. The summed E-state index contributed by atoms with van der Waals surface area (Å²) in [5.74, 6) is 2.23. The molecule has 1 fully saturated rings. The summed E-state index contributed by atoms with van der Waals surface area (Å²) in [5.41, 5.74) is 0.850. The van der Waals surface area contributed by atoms with Gasteiger partial charge < -0.3 is 19.3 Å². The lowest BCUT2D eigenvalue weighted by Gasteiger charge is -2.36. The Morgan fingerprint density at radius 3 is 2.63 bits per heavy atom. The van der Waals surface area contributed by atoms with Crippen LogP contribution in [0.3, 0.4) is 0 Å². The van der Waals surface area contributed by atoms with Crippen molar-refractivity contribution in [2.45, 2.75) is 39.7 Å². The number of hydrogen-bond donors (Lipinski definition) is 1. The van der Waals surface area contributed by atoms with E-state index in [1.54, 1.807) is 0 Å². The topological polar surface area (TPSA) is 89.7 Å². The zero-order chi connectivity index (χ0) is 21.3. The van der Waals surface area contributed by atoms with Crippen molar-refractivity contribution in [1.82, 2.24) is 20.4 Å². The summed E-state index contributed by atoms with van der Waals surface area (Å²) >= 11 is 0. The van der Waals surface area contributed by atoms with Crippen molar-refractivity contribution >= 4 is 5.91 Å². The summed E-state index contributed by atoms with van der Waals surface area (Å²) in [6, 6.07) is 7.85. The van der Waals surface area contributed by atoms with Crippen LogP contribution in [0.15, 0.2) is 28.8 Å². The first-order valence-corrected chi connectivity index (χ1v) is 10.7. The quantitative estimate of drug-likeness (QED) is 0.636. The minimum atomic E-state index is -0.00488. The van der Waals surface area contributed by atoms with Gasteiger partial charge in [0.1, 0.15) is 5.75 Å². The molecule has 1 aliphatic rings. The summed E-state index contributed by atoms with van der Waals surface area (Å²) in [4.78, 5) is 19.1. The van der Waals surface area contributed by atoms with Gasteiger partial charge in [-0.25, -0.2) is 0 Å². The van der Waals surface area contributed by atoms with Crippen LogP contribution in [-0.4, -0.2) is 66.4 Å². The second kappa shape index (κ2) is 11.1. The molecule has 1 saturated heterocycles. The number of morpholine rings is 1. The predicted molar refractivity (Wildman–Crippen MR) is 113 cm³/mol. The number of rotatable bonds is 10. The molecule has 0 bridgehead atoms.